The number of rotatable bonds is 3. The zero-order valence-corrected chi connectivity index (χ0v) is 14.0. The van der Waals surface area contributed by atoms with Crippen molar-refractivity contribution in [1.82, 2.24) is 9.21 Å². The maximum Gasteiger partial charge on any atom is 0.244 e. The number of hydrogen-bond donors (Lipinski definition) is 0. The summed E-state index contributed by atoms with van der Waals surface area (Å²) in [5, 5.41) is 0. The molecule has 2 fully saturated rings. The van der Waals surface area contributed by atoms with Gasteiger partial charge in [0.05, 0.1) is 24.0 Å². The van der Waals surface area contributed by atoms with Gasteiger partial charge in [-0.15, -0.1) is 11.8 Å². The zero-order valence-electron chi connectivity index (χ0n) is 12.4. The molecule has 1 atom stereocenters. The second-order valence-corrected chi connectivity index (χ2v) is 8.19. The number of benzene rings is 1. The van der Waals surface area contributed by atoms with Gasteiger partial charge >= 0.3 is 0 Å². The summed E-state index contributed by atoms with van der Waals surface area (Å²) in [4.78, 5) is 14.3. The van der Waals surface area contributed by atoms with Crippen molar-refractivity contribution in [3.05, 3.63) is 30.1 Å². The quantitative estimate of drug-likeness (QED) is 0.796. The van der Waals surface area contributed by atoms with E-state index in [9.17, 15) is 17.6 Å². The Morgan fingerprint density at radius 3 is 2.52 bits per heavy atom. The second-order valence-electron chi connectivity index (χ2n) is 5.30. The Balaban J connectivity index is 1.82. The number of hydrogen-bond acceptors (Lipinski definition) is 5. The zero-order chi connectivity index (χ0) is 16.4. The number of nitrogens with zero attached hydrogens (tertiary/aromatic N) is 2. The summed E-state index contributed by atoms with van der Waals surface area (Å²) in [7, 11) is -3.82. The lowest BCUT2D eigenvalue weighted by molar-refractivity contribution is -0.138. The van der Waals surface area contributed by atoms with E-state index in [4.69, 9.17) is 4.74 Å². The highest BCUT2D eigenvalue weighted by Crippen LogP contribution is 2.29. The molecule has 0 bridgehead atoms. The fourth-order valence-corrected chi connectivity index (χ4v) is 5.73. The van der Waals surface area contributed by atoms with Crippen LogP contribution < -0.4 is 0 Å². The van der Waals surface area contributed by atoms with Crippen molar-refractivity contribution in [2.45, 2.75) is 10.9 Å². The molecule has 0 saturated carbocycles. The van der Waals surface area contributed by atoms with Crippen LogP contribution in [0.5, 0.6) is 0 Å². The molecule has 1 unspecified atom stereocenters. The molecule has 6 nitrogen and oxygen atoms in total. The summed E-state index contributed by atoms with van der Waals surface area (Å²) in [5.41, 5.74) is 0. The van der Waals surface area contributed by atoms with Crippen LogP contribution >= 0.6 is 11.8 Å². The van der Waals surface area contributed by atoms with Crippen LogP contribution in [-0.2, 0) is 19.6 Å². The highest BCUT2D eigenvalue weighted by molar-refractivity contribution is 8.00. The van der Waals surface area contributed by atoms with Crippen LogP contribution in [0.4, 0.5) is 4.39 Å². The lowest BCUT2D eigenvalue weighted by atomic mass is 10.2. The fraction of sp³-hybridized carbons (Fsp3) is 0.500. The average Bonchev–Trinajstić information content (AvgIpc) is 3.06. The summed E-state index contributed by atoms with van der Waals surface area (Å²) in [6.07, 6.45) is 0. The minimum absolute atomic E-state index is 0.00109. The molecule has 0 radical (unpaired) electrons. The van der Waals surface area contributed by atoms with Gasteiger partial charge in [-0.25, -0.2) is 12.8 Å². The van der Waals surface area contributed by atoms with E-state index in [1.54, 1.807) is 4.90 Å². The molecule has 0 N–H and O–H groups in total. The number of ether oxygens (including phenoxy) is 1. The normalized spacial score (nSPS) is 23.2. The number of halogens is 1. The van der Waals surface area contributed by atoms with Gasteiger partial charge in [0.15, 0.2) is 0 Å². The maximum absolute atomic E-state index is 13.0. The van der Waals surface area contributed by atoms with Crippen LogP contribution in [0.25, 0.3) is 0 Å². The van der Waals surface area contributed by atoms with Gasteiger partial charge in [-0.05, 0) is 24.3 Å². The van der Waals surface area contributed by atoms with E-state index in [1.165, 1.54) is 28.2 Å². The van der Waals surface area contributed by atoms with E-state index in [1.807, 2.05) is 0 Å². The third-order valence-electron chi connectivity index (χ3n) is 3.87. The molecule has 2 aliphatic rings. The van der Waals surface area contributed by atoms with Crippen LogP contribution in [-0.4, -0.2) is 67.5 Å². The van der Waals surface area contributed by atoms with Crippen molar-refractivity contribution in [2.24, 2.45) is 0 Å². The third-order valence-corrected chi connectivity index (χ3v) is 6.91. The molecule has 2 heterocycles. The highest BCUT2D eigenvalue weighted by atomic mass is 32.2. The van der Waals surface area contributed by atoms with Crippen LogP contribution in [0.1, 0.15) is 0 Å². The van der Waals surface area contributed by atoms with Gasteiger partial charge in [0.25, 0.3) is 0 Å². The molecular weight excluding hydrogens is 343 g/mol. The number of amides is 1. The standard InChI is InChI=1S/C14H17FN2O4S2/c15-11-1-3-12(4-2-11)23(19,20)17-10-22-9-13(17)14(18)16-5-7-21-8-6-16/h1-4,13H,5-10H2. The minimum Gasteiger partial charge on any atom is -0.378 e. The van der Waals surface area contributed by atoms with Gasteiger partial charge < -0.3 is 9.64 Å². The molecule has 0 aliphatic carbocycles. The van der Waals surface area contributed by atoms with Gasteiger partial charge in [0.2, 0.25) is 15.9 Å². The fourth-order valence-electron chi connectivity index (χ4n) is 2.60. The van der Waals surface area contributed by atoms with Crippen LogP contribution in [0.2, 0.25) is 0 Å². The molecule has 0 aromatic heterocycles. The van der Waals surface area contributed by atoms with E-state index in [2.05, 4.69) is 0 Å². The van der Waals surface area contributed by atoms with Crippen molar-refractivity contribution in [3.63, 3.8) is 0 Å². The number of carbonyl (C=O) groups excluding carboxylic acids is 1. The molecule has 9 heteroatoms. The Bertz CT molecular complexity index is 675. The van der Waals surface area contributed by atoms with E-state index in [0.717, 1.165) is 12.1 Å². The SMILES string of the molecule is O=C(C1CSCN1S(=O)(=O)c1ccc(F)cc1)N1CCOCC1. The number of carbonyl (C=O) groups is 1. The second kappa shape index (κ2) is 6.76. The van der Waals surface area contributed by atoms with E-state index in [0.29, 0.717) is 32.1 Å². The number of morpholine rings is 1. The van der Waals surface area contributed by atoms with Crippen molar-refractivity contribution in [2.75, 3.05) is 37.9 Å². The molecular formula is C14H17FN2O4S2. The van der Waals surface area contributed by atoms with E-state index < -0.39 is 21.9 Å². The summed E-state index contributed by atoms with van der Waals surface area (Å²) < 4.78 is 44.9. The number of sulfonamides is 1. The maximum atomic E-state index is 13.0. The Kier molecular flexibility index (Phi) is 4.90. The first-order valence-electron chi connectivity index (χ1n) is 7.22. The van der Waals surface area contributed by atoms with Gasteiger partial charge in [-0.2, -0.15) is 4.31 Å². The lowest BCUT2D eigenvalue weighted by Gasteiger charge is -2.31. The average molecular weight is 360 g/mol. The lowest BCUT2D eigenvalue weighted by Crippen LogP contribution is -2.51. The predicted molar refractivity (Wildman–Crippen MR) is 83.9 cm³/mol. The van der Waals surface area contributed by atoms with Gasteiger partial charge in [-0.1, -0.05) is 0 Å². The minimum atomic E-state index is -3.82. The Labute approximate surface area is 138 Å². The Morgan fingerprint density at radius 1 is 1.22 bits per heavy atom. The Hall–Kier alpha value is -1.16. The summed E-state index contributed by atoms with van der Waals surface area (Å²) in [5.74, 6) is -0.0402. The third kappa shape index (κ3) is 3.37. The topological polar surface area (TPSA) is 66.9 Å². The van der Waals surface area contributed by atoms with Crippen LogP contribution in [0.3, 0.4) is 0 Å². The molecule has 23 heavy (non-hydrogen) atoms. The van der Waals surface area contributed by atoms with Gasteiger partial charge in [0, 0.05) is 18.8 Å². The van der Waals surface area contributed by atoms with Crippen LogP contribution in [0.15, 0.2) is 29.2 Å². The molecule has 2 saturated heterocycles. The number of thioether (sulfide) groups is 1. The molecule has 0 spiro atoms. The summed E-state index contributed by atoms with van der Waals surface area (Å²) in [6.45, 7) is 1.89. The monoisotopic (exact) mass is 360 g/mol. The van der Waals surface area contributed by atoms with Gasteiger partial charge in [0.1, 0.15) is 11.9 Å². The highest BCUT2D eigenvalue weighted by Gasteiger charge is 2.41. The summed E-state index contributed by atoms with van der Waals surface area (Å²) in [6, 6.07) is 3.95. The van der Waals surface area contributed by atoms with Crippen molar-refractivity contribution in [1.29, 1.82) is 0 Å². The molecule has 1 aromatic rings. The first-order valence-corrected chi connectivity index (χ1v) is 9.81. The Morgan fingerprint density at radius 2 is 1.87 bits per heavy atom. The first-order chi connectivity index (χ1) is 11.0. The molecule has 126 valence electrons. The molecule has 1 amide bonds. The molecule has 2 aliphatic heterocycles. The van der Waals surface area contributed by atoms with E-state index >= 15 is 0 Å². The van der Waals surface area contributed by atoms with Crippen LogP contribution in [0, 0.1) is 5.82 Å². The van der Waals surface area contributed by atoms with Gasteiger partial charge in [-0.3, -0.25) is 4.79 Å². The van der Waals surface area contributed by atoms with Crippen molar-refractivity contribution < 1.29 is 22.3 Å². The summed E-state index contributed by atoms with van der Waals surface area (Å²) >= 11 is 1.40. The largest absolute Gasteiger partial charge is 0.378 e. The first kappa shape index (κ1) is 16.7. The van der Waals surface area contributed by atoms with Crippen molar-refractivity contribution >= 4 is 27.7 Å². The predicted octanol–water partition coefficient (Wildman–Crippen LogP) is 0.748. The molecule has 1 aromatic carbocycles. The molecule has 3 rings (SSSR count). The smallest absolute Gasteiger partial charge is 0.244 e. The van der Waals surface area contributed by atoms with Crippen molar-refractivity contribution in [3.8, 4) is 0 Å². The van der Waals surface area contributed by atoms with E-state index in [-0.39, 0.29) is 16.7 Å².